The summed E-state index contributed by atoms with van der Waals surface area (Å²) < 4.78 is 28.1. The molecule has 2 aliphatic heterocycles. The van der Waals surface area contributed by atoms with Crippen molar-refractivity contribution in [2.24, 2.45) is 0 Å². The molecular weight excluding hydrogens is 645 g/mol. The first-order valence-corrected chi connectivity index (χ1v) is 16.9. The number of carboxylic acid groups (broad SMARTS) is 1. The van der Waals surface area contributed by atoms with Crippen molar-refractivity contribution in [3.63, 3.8) is 0 Å². The predicted octanol–water partition coefficient (Wildman–Crippen LogP) is 5.93. The van der Waals surface area contributed by atoms with Crippen molar-refractivity contribution >= 4 is 40.4 Å². The summed E-state index contributed by atoms with van der Waals surface area (Å²) in [5.74, 6) is 0.923. The van der Waals surface area contributed by atoms with Crippen molar-refractivity contribution < 1.29 is 23.8 Å². The Hall–Kier alpha value is -4.04. The molecule has 2 N–H and O–H groups in total. The molecule has 1 atom stereocenters. The van der Waals surface area contributed by atoms with Gasteiger partial charge in [0.05, 0.1) is 36.0 Å². The van der Waals surface area contributed by atoms with Crippen LogP contribution in [-0.4, -0.2) is 77.2 Å². The molecule has 2 fully saturated rings. The van der Waals surface area contributed by atoms with Gasteiger partial charge in [0.25, 0.3) is 0 Å². The molecule has 11 nitrogen and oxygen atoms in total. The van der Waals surface area contributed by atoms with E-state index < -0.39 is 11.8 Å². The number of rotatable bonds is 12. The first-order valence-electron chi connectivity index (χ1n) is 15.5. The fourth-order valence-corrected chi connectivity index (χ4v) is 6.64. The highest BCUT2D eigenvalue weighted by molar-refractivity contribution is 7.99. The van der Waals surface area contributed by atoms with Crippen LogP contribution in [0.3, 0.4) is 0 Å². The molecule has 14 heteroatoms. The molecule has 5 heterocycles. The molecule has 0 radical (unpaired) electrons. The van der Waals surface area contributed by atoms with Crippen molar-refractivity contribution in [1.29, 1.82) is 0 Å². The lowest BCUT2D eigenvalue weighted by Crippen LogP contribution is -2.35. The standard InChI is InChI=1S/C33H33ClFN7O4S/c34-23-6-4-22(25(35)15-23)18-46-30-3-1-2-26(37-30)20-8-11-41(12-9-20)17-29-36-27-14-21(32-38-33(40-39-32)47-19-31(43)44)5-7-28(27)42(29)16-24-10-13-45-24/h1-7,14-15,20,24H,8-13,16-19H2,(H,43,44)(H,38,39,40)/t24-/m0/s1. The average molecular weight is 678 g/mol. The summed E-state index contributed by atoms with van der Waals surface area (Å²) in [6.07, 6.45) is 3.11. The topological polar surface area (TPSA) is 131 Å². The Kier molecular flexibility index (Phi) is 9.39. The van der Waals surface area contributed by atoms with Gasteiger partial charge in [0.1, 0.15) is 18.2 Å². The minimum absolute atomic E-state index is 0.0809. The summed E-state index contributed by atoms with van der Waals surface area (Å²) >= 11 is 6.94. The minimum atomic E-state index is -0.916. The number of fused-ring (bicyclic) bond motifs is 1. The number of ether oxygens (including phenoxy) is 2. The summed E-state index contributed by atoms with van der Waals surface area (Å²) in [5, 5.41) is 16.8. The van der Waals surface area contributed by atoms with Gasteiger partial charge in [-0.05, 0) is 68.8 Å². The summed E-state index contributed by atoms with van der Waals surface area (Å²) in [5.41, 5.74) is 4.15. The van der Waals surface area contributed by atoms with Gasteiger partial charge in [-0.2, -0.15) is 0 Å². The van der Waals surface area contributed by atoms with Gasteiger partial charge in [-0.15, -0.1) is 5.10 Å². The maximum Gasteiger partial charge on any atom is 0.313 e. The van der Waals surface area contributed by atoms with Gasteiger partial charge in [0.2, 0.25) is 11.0 Å². The van der Waals surface area contributed by atoms with Gasteiger partial charge < -0.3 is 19.1 Å². The third kappa shape index (κ3) is 7.43. The molecule has 0 amide bonds. The molecule has 0 aliphatic carbocycles. The number of likely N-dealkylation sites (tertiary alicyclic amines) is 1. The van der Waals surface area contributed by atoms with E-state index in [1.54, 1.807) is 18.2 Å². The quantitative estimate of drug-likeness (QED) is 0.153. The van der Waals surface area contributed by atoms with E-state index >= 15 is 0 Å². The van der Waals surface area contributed by atoms with E-state index in [-0.39, 0.29) is 18.5 Å². The number of nitrogens with zero attached hydrogens (tertiary/aromatic N) is 6. The fourth-order valence-electron chi connectivity index (χ4n) is 5.97. The molecule has 2 aliphatic rings. The summed E-state index contributed by atoms with van der Waals surface area (Å²) in [4.78, 5) is 27.6. The zero-order valence-corrected chi connectivity index (χ0v) is 27.0. The molecule has 0 unspecified atom stereocenters. The summed E-state index contributed by atoms with van der Waals surface area (Å²) in [7, 11) is 0. The number of piperidine rings is 1. The van der Waals surface area contributed by atoms with Crippen molar-refractivity contribution in [2.75, 3.05) is 25.4 Å². The lowest BCUT2D eigenvalue weighted by Gasteiger charge is -2.32. The number of nitrogens with one attached hydrogen (secondary N) is 1. The van der Waals surface area contributed by atoms with E-state index in [0.717, 1.165) is 85.4 Å². The van der Waals surface area contributed by atoms with E-state index in [1.165, 1.54) is 6.07 Å². The Morgan fingerprint density at radius 2 is 1.96 bits per heavy atom. The largest absolute Gasteiger partial charge is 0.481 e. The second kappa shape index (κ2) is 14.0. The molecular formula is C33H33ClFN7O4S. The number of H-pyrrole nitrogens is 1. The van der Waals surface area contributed by atoms with Gasteiger partial charge in [-0.1, -0.05) is 35.5 Å². The number of thioether (sulfide) groups is 1. The molecule has 47 heavy (non-hydrogen) atoms. The number of aromatic amines is 1. The molecule has 2 aromatic carbocycles. The van der Waals surface area contributed by atoms with Crippen LogP contribution in [0.1, 0.15) is 42.3 Å². The molecule has 7 rings (SSSR count). The zero-order valence-electron chi connectivity index (χ0n) is 25.4. The van der Waals surface area contributed by atoms with Crippen LogP contribution in [0.25, 0.3) is 22.4 Å². The number of aliphatic carboxylic acids is 1. The molecule has 3 aromatic heterocycles. The van der Waals surface area contributed by atoms with Crippen LogP contribution in [-0.2, 0) is 29.2 Å². The van der Waals surface area contributed by atoms with Crippen LogP contribution in [0, 0.1) is 5.82 Å². The third-order valence-corrected chi connectivity index (χ3v) is 9.64. The van der Waals surface area contributed by atoms with Crippen LogP contribution in [0.4, 0.5) is 4.39 Å². The van der Waals surface area contributed by atoms with Crippen molar-refractivity contribution in [3.05, 3.63) is 82.5 Å². The normalized spacial score (nSPS) is 17.2. The Morgan fingerprint density at radius 3 is 2.72 bits per heavy atom. The monoisotopic (exact) mass is 677 g/mol. The number of pyridine rings is 1. The number of carboxylic acids is 1. The Balaban J connectivity index is 1.02. The number of hydrogen-bond acceptors (Lipinski definition) is 9. The highest BCUT2D eigenvalue weighted by atomic mass is 35.5. The highest BCUT2D eigenvalue weighted by Crippen LogP contribution is 2.31. The summed E-state index contributed by atoms with van der Waals surface area (Å²) in [6, 6.07) is 16.4. The molecule has 2 saturated heterocycles. The van der Waals surface area contributed by atoms with Crippen LogP contribution < -0.4 is 4.74 Å². The zero-order chi connectivity index (χ0) is 32.3. The van der Waals surface area contributed by atoms with Gasteiger partial charge in [-0.25, -0.2) is 19.3 Å². The van der Waals surface area contributed by atoms with Gasteiger partial charge in [-0.3, -0.25) is 14.8 Å². The van der Waals surface area contributed by atoms with Crippen LogP contribution in [0.15, 0.2) is 59.8 Å². The lowest BCUT2D eigenvalue weighted by molar-refractivity contribution is -0.133. The molecule has 5 aromatic rings. The van der Waals surface area contributed by atoms with E-state index in [4.69, 9.17) is 36.1 Å². The van der Waals surface area contributed by atoms with Crippen molar-refractivity contribution in [1.82, 2.24) is 34.6 Å². The van der Waals surface area contributed by atoms with Crippen molar-refractivity contribution in [3.8, 4) is 17.3 Å². The number of imidazole rings is 1. The molecule has 0 spiro atoms. The maximum atomic E-state index is 14.2. The molecule has 0 saturated carbocycles. The van der Waals surface area contributed by atoms with Gasteiger partial charge >= 0.3 is 5.97 Å². The summed E-state index contributed by atoms with van der Waals surface area (Å²) in [6.45, 7) is 4.13. The Bertz CT molecular complexity index is 1890. The van der Waals surface area contributed by atoms with E-state index in [2.05, 4.69) is 30.7 Å². The van der Waals surface area contributed by atoms with Crippen LogP contribution >= 0.6 is 23.4 Å². The average Bonchev–Trinajstić information content (AvgIpc) is 3.66. The third-order valence-electron chi connectivity index (χ3n) is 8.58. The van der Waals surface area contributed by atoms with E-state index in [9.17, 15) is 9.18 Å². The first-order chi connectivity index (χ1) is 22.9. The number of aromatic nitrogens is 6. The van der Waals surface area contributed by atoms with E-state index in [0.29, 0.717) is 39.9 Å². The molecule has 0 bridgehead atoms. The number of hydrogen-bond donors (Lipinski definition) is 2. The van der Waals surface area contributed by atoms with Gasteiger partial charge in [0.15, 0.2) is 5.82 Å². The van der Waals surface area contributed by atoms with Crippen LogP contribution in [0.2, 0.25) is 5.02 Å². The fraction of sp³-hybridized carbons (Fsp3) is 0.364. The number of halogens is 2. The number of carbonyl (C=O) groups is 1. The van der Waals surface area contributed by atoms with Crippen molar-refractivity contribution in [2.45, 2.75) is 56.1 Å². The second-order valence-electron chi connectivity index (χ2n) is 11.7. The maximum absolute atomic E-state index is 14.2. The number of benzene rings is 2. The second-order valence-corrected chi connectivity index (χ2v) is 13.1. The Morgan fingerprint density at radius 1 is 1.11 bits per heavy atom. The van der Waals surface area contributed by atoms with Gasteiger partial charge in [0, 0.05) is 40.4 Å². The predicted molar refractivity (Wildman–Crippen MR) is 175 cm³/mol. The SMILES string of the molecule is O=C(O)CSc1n[nH]c(-c2ccc3c(c2)nc(CN2CCC(c4cccc(OCc5ccc(Cl)cc5F)n4)CC2)n3C[C@@H]2CCO2)n1. The first kappa shape index (κ1) is 31.6. The smallest absolute Gasteiger partial charge is 0.313 e. The lowest BCUT2D eigenvalue weighted by atomic mass is 9.93. The van der Waals surface area contributed by atoms with Crippen LogP contribution in [0.5, 0.6) is 5.88 Å². The highest BCUT2D eigenvalue weighted by Gasteiger charge is 2.26. The molecule has 244 valence electrons. The Labute approximate surface area is 279 Å². The van der Waals surface area contributed by atoms with E-state index in [1.807, 2.05) is 24.3 Å². The minimum Gasteiger partial charge on any atom is -0.481 e.